The topological polar surface area (TPSA) is 84.9 Å². The predicted molar refractivity (Wildman–Crippen MR) is 95.3 cm³/mol. The molecule has 2 rings (SSSR count). The van der Waals surface area contributed by atoms with Gasteiger partial charge in [0.15, 0.2) is 0 Å². The number of carbonyl (C=O) groups is 1. The fraction of sp³-hybridized carbons (Fsp3) is 0.588. The molecular weight excluding hydrogens is 344 g/mol. The molecule has 1 saturated heterocycles. The van der Waals surface area contributed by atoms with Gasteiger partial charge in [-0.1, -0.05) is 13.8 Å². The number of benzene rings is 1. The van der Waals surface area contributed by atoms with Crippen molar-refractivity contribution in [2.24, 2.45) is 5.92 Å². The van der Waals surface area contributed by atoms with E-state index in [1.165, 1.54) is 23.5 Å². The molecule has 0 aromatic heterocycles. The van der Waals surface area contributed by atoms with Crippen LogP contribution in [0.1, 0.15) is 26.7 Å². The Bertz CT molecular complexity index is 697. The molecule has 1 aliphatic rings. The van der Waals surface area contributed by atoms with E-state index in [0.29, 0.717) is 50.1 Å². The molecule has 0 bridgehead atoms. The highest BCUT2D eigenvalue weighted by molar-refractivity contribution is 7.89. The lowest BCUT2D eigenvalue weighted by molar-refractivity contribution is -0.116. The van der Waals surface area contributed by atoms with E-state index in [-0.39, 0.29) is 10.8 Å². The fourth-order valence-corrected chi connectivity index (χ4v) is 3.95. The quantitative estimate of drug-likeness (QED) is 0.794. The van der Waals surface area contributed by atoms with E-state index < -0.39 is 10.0 Å². The van der Waals surface area contributed by atoms with E-state index in [9.17, 15) is 13.2 Å². The third kappa shape index (κ3) is 5.17. The van der Waals surface area contributed by atoms with Gasteiger partial charge >= 0.3 is 0 Å². The summed E-state index contributed by atoms with van der Waals surface area (Å²) in [5.74, 6) is 0.687. The van der Waals surface area contributed by atoms with Gasteiger partial charge in [-0.2, -0.15) is 4.31 Å². The minimum absolute atomic E-state index is 0.134. The Morgan fingerprint density at radius 2 is 2.00 bits per heavy atom. The van der Waals surface area contributed by atoms with E-state index in [4.69, 9.17) is 9.47 Å². The van der Waals surface area contributed by atoms with E-state index in [1.54, 1.807) is 6.07 Å². The summed E-state index contributed by atoms with van der Waals surface area (Å²) in [5, 5.41) is 2.76. The first-order chi connectivity index (χ1) is 11.8. The Kier molecular flexibility index (Phi) is 6.80. The maximum Gasteiger partial charge on any atom is 0.243 e. The molecule has 25 heavy (non-hydrogen) atoms. The number of hydrogen-bond donors (Lipinski definition) is 1. The summed E-state index contributed by atoms with van der Waals surface area (Å²) in [6.45, 7) is 5.50. The predicted octanol–water partition coefficient (Wildman–Crippen LogP) is 2.09. The van der Waals surface area contributed by atoms with Crippen LogP contribution in [0.4, 0.5) is 5.69 Å². The molecule has 0 spiro atoms. The highest BCUT2D eigenvalue weighted by atomic mass is 32.2. The van der Waals surface area contributed by atoms with E-state index in [1.807, 2.05) is 13.8 Å². The summed E-state index contributed by atoms with van der Waals surface area (Å²) >= 11 is 0. The largest absolute Gasteiger partial charge is 0.495 e. The molecule has 0 radical (unpaired) electrons. The lowest BCUT2D eigenvalue weighted by atomic mass is 10.1. The third-order valence-corrected chi connectivity index (χ3v) is 5.90. The van der Waals surface area contributed by atoms with Crippen molar-refractivity contribution in [3.8, 4) is 5.75 Å². The maximum atomic E-state index is 12.8. The SMILES string of the molecule is COc1ccc(S(=O)(=O)N2CCOCC2)cc1NC(=O)CCC(C)C. The van der Waals surface area contributed by atoms with Crippen LogP contribution in [0.25, 0.3) is 0 Å². The van der Waals surface area contributed by atoms with Gasteiger partial charge in [-0.25, -0.2) is 8.42 Å². The third-order valence-electron chi connectivity index (χ3n) is 4.00. The fourth-order valence-electron chi connectivity index (χ4n) is 2.51. The molecule has 1 heterocycles. The minimum atomic E-state index is -3.62. The zero-order valence-electron chi connectivity index (χ0n) is 14.9. The van der Waals surface area contributed by atoms with Crippen molar-refractivity contribution in [3.63, 3.8) is 0 Å². The molecule has 8 heteroatoms. The Morgan fingerprint density at radius 3 is 2.60 bits per heavy atom. The molecule has 140 valence electrons. The second-order valence-corrected chi connectivity index (χ2v) is 8.30. The number of amides is 1. The second-order valence-electron chi connectivity index (χ2n) is 6.36. The van der Waals surface area contributed by atoms with Gasteiger partial charge in [0.25, 0.3) is 0 Å². The van der Waals surface area contributed by atoms with E-state index in [0.717, 1.165) is 6.42 Å². The van der Waals surface area contributed by atoms with Gasteiger partial charge in [-0.15, -0.1) is 0 Å². The van der Waals surface area contributed by atoms with Crippen LogP contribution in [0.15, 0.2) is 23.1 Å². The summed E-state index contributed by atoms with van der Waals surface area (Å²) in [5.41, 5.74) is 0.366. The van der Waals surface area contributed by atoms with Crippen molar-refractivity contribution >= 4 is 21.6 Å². The number of nitrogens with zero attached hydrogens (tertiary/aromatic N) is 1. The zero-order valence-corrected chi connectivity index (χ0v) is 15.8. The van der Waals surface area contributed by atoms with E-state index in [2.05, 4.69) is 5.32 Å². The van der Waals surface area contributed by atoms with Gasteiger partial charge in [-0.05, 0) is 30.5 Å². The number of carbonyl (C=O) groups excluding carboxylic acids is 1. The van der Waals surface area contributed by atoms with Crippen molar-refractivity contribution in [1.29, 1.82) is 0 Å². The number of ether oxygens (including phenoxy) is 2. The van der Waals surface area contributed by atoms with Gasteiger partial charge in [0, 0.05) is 19.5 Å². The second kappa shape index (κ2) is 8.64. The number of morpholine rings is 1. The van der Waals surface area contributed by atoms with Crippen LogP contribution in [0.3, 0.4) is 0 Å². The standard InChI is InChI=1S/C17H26N2O5S/c1-13(2)4-7-17(20)18-15-12-14(5-6-16(15)23-3)25(21,22)19-8-10-24-11-9-19/h5-6,12-13H,4,7-11H2,1-3H3,(H,18,20). The average Bonchev–Trinajstić information content (AvgIpc) is 2.60. The normalized spacial score (nSPS) is 16.0. The number of anilines is 1. The molecule has 1 fully saturated rings. The molecule has 0 saturated carbocycles. The lowest BCUT2D eigenvalue weighted by Crippen LogP contribution is -2.40. The van der Waals surface area contributed by atoms with Crippen LogP contribution in [0.5, 0.6) is 5.75 Å². The van der Waals surface area contributed by atoms with Crippen LogP contribution in [-0.2, 0) is 19.6 Å². The maximum absolute atomic E-state index is 12.8. The summed E-state index contributed by atoms with van der Waals surface area (Å²) in [6, 6.07) is 4.51. The molecule has 1 aromatic rings. The Labute approximate surface area is 149 Å². The van der Waals surface area contributed by atoms with Crippen molar-refractivity contribution < 1.29 is 22.7 Å². The van der Waals surface area contributed by atoms with Gasteiger partial charge < -0.3 is 14.8 Å². The molecule has 1 aromatic carbocycles. The van der Waals surface area contributed by atoms with Gasteiger partial charge in [0.1, 0.15) is 5.75 Å². The molecular formula is C17H26N2O5S. The van der Waals surface area contributed by atoms with Gasteiger partial charge in [0.05, 0.1) is 30.9 Å². The molecule has 7 nitrogen and oxygen atoms in total. The zero-order chi connectivity index (χ0) is 18.4. The van der Waals surface area contributed by atoms with Crippen LogP contribution < -0.4 is 10.1 Å². The summed E-state index contributed by atoms with van der Waals surface area (Å²) < 4.78 is 37.4. The lowest BCUT2D eigenvalue weighted by Gasteiger charge is -2.26. The van der Waals surface area contributed by atoms with Crippen molar-refractivity contribution in [3.05, 3.63) is 18.2 Å². The highest BCUT2D eigenvalue weighted by Crippen LogP contribution is 2.29. The molecule has 1 N–H and O–H groups in total. The van der Waals surface area contributed by atoms with Crippen LogP contribution in [-0.4, -0.2) is 52.0 Å². The van der Waals surface area contributed by atoms with Crippen molar-refractivity contribution in [1.82, 2.24) is 4.31 Å². The Balaban J connectivity index is 2.22. The van der Waals surface area contributed by atoms with Crippen LogP contribution in [0.2, 0.25) is 0 Å². The summed E-state index contributed by atoms with van der Waals surface area (Å²) in [6.07, 6.45) is 1.14. The first-order valence-corrected chi connectivity index (χ1v) is 9.84. The van der Waals surface area contributed by atoms with Crippen molar-refractivity contribution in [2.75, 3.05) is 38.7 Å². The molecule has 0 unspecified atom stereocenters. The number of hydrogen-bond acceptors (Lipinski definition) is 5. The van der Waals surface area contributed by atoms with Gasteiger partial charge in [0.2, 0.25) is 15.9 Å². The van der Waals surface area contributed by atoms with Crippen molar-refractivity contribution in [2.45, 2.75) is 31.6 Å². The summed E-state index contributed by atoms with van der Waals surface area (Å²) in [7, 11) is -2.14. The minimum Gasteiger partial charge on any atom is -0.495 e. The molecule has 1 amide bonds. The van der Waals surface area contributed by atoms with Crippen LogP contribution in [0, 0.1) is 5.92 Å². The molecule has 0 atom stereocenters. The smallest absolute Gasteiger partial charge is 0.243 e. The number of rotatable bonds is 7. The number of sulfonamides is 1. The Morgan fingerprint density at radius 1 is 1.32 bits per heavy atom. The Hall–Kier alpha value is -1.64. The number of methoxy groups -OCH3 is 1. The van der Waals surface area contributed by atoms with Gasteiger partial charge in [-0.3, -0.25) is 4.79 Å². The first kappa shape index (κ1) is 19.7. The molecule has 1 aliphatic heterocycles. The van der Waals surface area contributed by atoms with Crippen LogP contribution >= 0.6 is 0 Å². The number of nitrogens with one attached hydrogen (secondary N) is 1. The average molecular weight is 370 g/mol. The van der Waals surface area contributed by atoms with E-state index >= 15 is 0 Å². The summed E-state index contributed by atoms with van der Waals surface area (Å²) in [4.78, 5) is 12.2. The monoisotopic (exact) mass is 370 g/mol. The first-order valence-electron chi connectivity index (χ1n) is 8.40. The highest BCUT2D eigenvalue weighted by Gasteiger charge is 2.27. The molecule has 0 aliphatic carbocycles.